The van der Waals surface area contributed by atoms with E-state index in [-0.39, 0.29) is 5.91 Å². The highest BCUT2D eigenvalue weighted by Crippen LogP contribution is 2.07. The van der Waals surface area contributed by atoms with Crippen molar-refractivity contribution in [3.8, 4) is 0 Å². The van der Waals surface area contributed by atoms with Crippen LogP contribution in [-0.2, 0) is 11.2 Å². The van der Waals surface area contributed by atoms with Crippen LogP contribution in [0, 0.1) is 6.92 Å². The molecule has 0 spiro atoms. The second-order valence-corrected chi connectivity index (χ2v) is 4.57. The van der Waals surface area contributed by atoms with Gasteiger partial charge in [0.15, 0.2) is 0 Å². The summed E-state index contributed by atoms with van der Waals surface area (Å²) >= 11 is 0. The lowest BCUT2D eigenvalue weighted by atomic mass is 10.1. The van der Waals surface area contributed by atoms with E-state index in [1.165, 1.54) is 11.1 Å². The summed E-state index contributed by atoms with van der Waals surface area (Å²) in [7, 11) is 0. The third-order valence-corrected chi connectivity index (χ3v) is 3.07. The fourth-order valence-corrected chi connectivity index (χ4v) is 1.92. The first-order valence-electron chi connectivity index (χ1n) is 6.50. The molecule has 0 atom stereocenters. The van der Waals surface area contributed by atoms with Gasteiger partial charge < -0.3 is 5.32 Å². The van der Waals surface area contributed by atoms with Gasteiger partial charge in [0.2, 0.25) is 5.91 Å². The van der Waals surface area contributed by atoms with Crippen LogP contribution < -0.4 is 5.32 Å². The van der Waals surface area contributed by atoms with Gasteiger partial charge in [0.25, 0.3) is 0 Å². The van der Waals surface area contributed by atoms with Gasteiger partial charge in [0.05, 0.1) is 0 Å². The minimum Gasteiger partial charge on any atom is -0.353 e. The van der Waals surface area contributed by atoms with Gasteiger partial charge in [-0.2, -0.15) is 0 Å². The number of carbonyl (C=O) groups is 1. The maximum atomic E-state index is 11.7. The minimum absolute atomic E-state index is 0.167. The molecule has 1 aromatic rings. The van der Waals surface area contributed by atoms with Crippen LogP contribution in [0.1, 0.15) is 44.2 Å². The summed E-state index contributed by atoms with van der Waals surface area (Å²) < 4.78 is 0. The van der Waals surface area contributed by atoms with Crippen LogP contribution in [-0.4, -0.2) is 11.9 Å². The summed E-state index contributed by atoms with van der Waals surface area (Å²) in [6.45, 7) is 6.29. The summed E-state index contributed by atoms with van der Waals surface area (Å²) in [5.74, 6) is 0.167. The van der Waals surface area contributed by atoms with E-state index in [2.05, 4.69) is 44.3 Å². The van der Waals surface area contributed by atoms with E-state index >= 15 is 0 Å². The predicted octanol–water partition coefficient (Wildman–Crippen LogP) is 3.23. The van der Waals surface area contributed by atoms with Gasteiger partial charge in [-0.05, 0) is 31.7 Å². The Morgan fingerprint density at radius 2 is 2.00 bits per heavy atom. The second-order valence-electron chi connectivity index (χ2n) is 4.57. The van der Waals surface area contributed by atoms with Crippen molar-refractivity contribution < 1.29 is 4.79 Å². The van der Waals surface area contributed by atoms with Crippen molar-refractivity contribution in [3.63, 3.8) is 0 Å². The molecule has 1 amide bonds. The zero-order chi connectivity index (χ0) is 12.7. The third-order valence-electron chi connectivity index (χ3n) is 3.07. The molecule has 17 heavy (non-hydrogen) atoms. The molecule has 0 saturated carbocycles. The zero-order valence-electron chi connectivity index (χ0n) is 11.1. The largest absolute Gasteiger partial charge is 0.353 e. The fraction of sp³-hybridized carbons (Fsp3) is 0.533. The van der Waals surface area contributed by atoms with E-state index in [0.717, 1.165) is 19.3 Å². The molecule has 94 valence electrons. The van der Waals surface area contributed by atoms with Crippen LogP contribution in [0.15, 0.2) is 24.3 Å². The quantitative estimate of drug-likeness (QED) is 0.803. The molecule has 0 aliphatic heterocycles. The normalized spacial score (nSPS) is 10.6. The van der Waals surface area contributed by atoms with Gasteiger partial charge in [-0.3, -0.25) is 4.79 Å². The Bertz CT molecular complexity index is 356. The van der Waals surface area contributed by atoms with E-state index in [4.69, 9.17) is 0 Å². The maximum absolute atomic E-state index is 11.7. The average molecular weight is 233 g/mol. The Labute approximate surface area is 104 Å². The lowest BCUT2D eigenvalue weighted by Gasteiger charge is -2.14. The Morgan fingerprint density at radius 3 is 2.59 bits per heavy atom. The molecule has 0 unspecified atom stereocenters. The average Bonchev–Trinajstić information content (AvgIpc) is 2.33. The van der Waals surface area contributed by atoms with E-state index in [1.54, 1.807) is 0 Å². The van der Waals surface area contributed by atoms with Crippen LogP contribution in [0.2, 0.25) is 0 Å². The maximum Gasteiger partial charge on any atom is 0.220 e. The Morgan fingerprint density at radius 1 is 1.29 bits per heavy atom. The van der Waals surface area contributed by atoms with E-state index in [0.29, 0.717) is 12.5 Å². The first-order chi connectivity index (χ1) is 8.15. The van der Waals surface area contributed by atoms with Gasteiger partial charge in [0.1, 0.15) is 0 Å². The number of hydrogen-bond donors (Lipinski definition) is 1. The molecule has 0 bridgehead atoms. The molecule has 0 aliphatic carbocycles. The molecule has 1 aromatic carbocycles. The summed E-state index contributed by atoms with van der Waals surface area (Å²) in [5, 5.41) is 3.06. The first-order valence-corrected chi connectivity index (χ1v) is 6.50. The molecule has 1 rings (SSSR count). The van der Waals surface area contributed by atoms with E-state index in [9.17, 15) is 4.79 Å². The number of amides is 1. The Balaban J connectivity index is 2.38. The standard InChI is InChI=1S/C15H23NO/c1-4-14(5-2)16-15(17)10-9-13-8-6-7-12(3)11-13/h6-8,11,14H,4-5,9-10H2,1-3H3,(H,16,17). The highest BCUT2D eigenvalue weighted by molar-refractivity contribution is 5.76. The van der Waals surface area contributed by atoms with Crippen molar-refractivity contribution in [2.75, 3.05) is 0 Å². The van der Waals surface area contributed by atoms with Crippen molar-refractivity contribution in [2.45, 2.75) is 52.5 Å². The van der Waals surface area contributed by atoms with E-state index in [1.807, 2.05) is 6.07 Å². The lowest BCUT2D eigenvalue weighted by molar-refractivity contribution is -0.121. The third kappa shape index (κ3) is 5.03. The van der Waals surface area contributed by atoms with Crippen molar-refractivity contribution in [1.82, 2.24) is 5.32 Å². The highest BCUT2D eigenvalue weighted by Gasteiger charge is 2.08. The summed E-state index contributed by atoms with van der Waals surface area (Å²) in [6, 6.07) is 8.68. The highest BCUT2D eigenvalue weighted by atomic mass is 16.1. The Kier molecular flexibility index (Phi) is 5.75. The predicted molar refractivity (Wildman–Crippen MR) is 72.0 cm³/mol. The molecule has 0 radical (unpaired) electrons. The van der Waals surface area contributed by atoms with Gasteiger partial charge in [-0.25, -0.2) is 0 Å². The molecule has 0 aliphatic rings. The molecular formula is C15H23NO. The number of nitrogens with one attached hydrogen (secondary N) is 1. The number of benzene rings is 1. The van der Waals surface area contributed by atoms with Gasteiger partial charge in [-0.1, -0.05) is 43.7 Å². The number of hydrogen-bond acceptors (Lipinski definition) is 1. The second kappa shape index (κ2) is 7.10. The molecule has 0 fully saturated rings. The van der Waals surface area contributed by atoms with Crippen LogP contribution in [0.25, 0.3) is 0 Å². The van der Waals surface area contributed by atoms with Crippen molar-refractivity contribution in [2.24, 2.45) is 0 Å². The smallest absolute Gasteiger partial charge is 0.220 e. The monoisotopic (exact) mass is 233 g/mol. The van der Waals surface area contributed by atoms with E-state index < -0.39 is 0 Å². The topological polar surface area (TPSA) is 29.1 Å². The van der Waals surface area contributed by atoms with Crippen molar-refractivity contribution >= 4 is 5.91 Å². The zero-order valence-corrected chi connectivity index (χ0v) is 11.1. The van der Waals surface area contributed by atoms with Crippen LogP contribution in [0.5, 0.6) is 0 Å². The summed E-state index contributed by atoms with van der Waals surface area (Å²) in [6.07, 6.45) is 3.42. The molecule has 0 saturated heterocycles. The van der Waals surface area contributed by atoms with Crippen molar-refractivity contribution in [3.05, 3.63) is 35.4 Å². The molecule has 1 N–H and O–H groups in total. The lowest BCUT2D eigenvalue weighted by Crippen LogP contribution is -2.33. The van der Waals surface area contributed by atoms with Gasteiger partial charge >= 0.3 is 0 Å². The first kappa shape index (κ1) is 13.8. The minimum atomic E-state index is 0.167. The SMILES string of the molecule is CCC(CC)NC(=O)CCc1cccc(C)c1. The Hall–Kier alpha value is -1.31. The fourth-order valence-electron chi connectivity index (χ4n) is 1.92. The molecule has 2 nitrogen and oxygen atoms in total. The summed E-state index contributed by atoms with van der Waals surface area (Å²) in [4.78, 5) is 11.7. The molecule has 2 heteroatoms. The number of carbonyl (C=O) groups excluding carboxylic acids is 1. The van der Waals surface area contributed by atoms with Crippen LogP contribution in [0.3, 0.4) is 0 Å². The van der Waals surface area contributed by atoms with Crippen molar-refractivity contribution in [1.29, 1.82) is 0 Å². The molecular weight excluding hydrogens is 210 g/mol. The summed E-state index contributed by atoms with van der Waals surface area (Å²) in [5.41, 5.74) is 2.49. The molecule has 0 heterocycles. The van der Waals surface area contributed by atoms with Gasteiger partial charge in [0, 0.05) is 12.5 Å². The van der Waals surface area contributed by atoms with Gasteiger partial charge in [-0.15, -0.1) is 0 Å². The number of rotatable bonds is 6. The van der Waals surface area contributed by atoms with Crippen LogP contribution in [0.4, 0.5) is 0 Å². The van der Waals surface area contributed by atoms with Crippen LogP contribution >= 0.6 is 0 Å². The molecule has 0 aromatic heterocycles. The number of aryl methyl sites for hydroxylation is 2.